The zero-order chi connectivity index (χ0) is 29.3. The number of amides is 1. The van der Waals surface area contributed by atoms with Gasteiger partial charge in [-0.25, -0.2) is 0 Å². The van der Waals surface area contributed by atoms with Crippen molar-refractivity contribution in [1.29, 1.82) is 0 Å². The van der Waals surface area contributed by atoms with E-state index in [0.717, 1.165) is 44.1 Å². The van der Waals surface area contributed by atoms with Crippen molar-refractivity contribution in [2.45, 2.75) is 51.4 Å². The molecule has 1 amide bonds. The van der Waals surface area contributed by atoms with Gasteiger partial charge < -0.3 is 15.2 Å². The van der Waals surface area contributed by atoms with Crippen molar-refractivity contribution < 1.29 is 27.4 Å². The van der Waals surface area contributed by atoms with Gasteiger partial charge in [-0.15, -0.1) is 0 Å². The number of nitrogens with zero attached hydrogens (tertiary/aromatic N) is 4. The number of nitrogens with two attached hydrogens (primary N) is 1. The van der Waals surface area contributed by atoms with Crippen molar-refractivity contribution in [2.75, 3.05) is 43.5 Å². The maximum absolute atomic E-state index is 14.3. The number of aromatic nitrogens is 2. The number of carbonyl (C=O) groups is 1. The number of ether oxygens (including phenoxy) is 2. The number of alkyl halides is 3. The van der Waals surface area contributed by atoms with Gasteiger partial charge in [0.25, 0.3) is 0 Å². The van der Waals surface area contributed by atoms with E-state index in [0.29, 0.717) is 42.4 Å². The number of carbonyl (C=O) groups excluding carboxylic acids is 1. The Bertz CT molecular complexity index is 1430. The smallest absolute Gasteiger partial charge is 0.417 e. The van der Waals surface area contributed by atoms with E-state index in [1.165, 1.54) is 23.8 Å². The highest BCUT2D eigenvalue weighted by atomic mass is 19.4. The van der Waals surface area contributed by atoms with Gasteiger partial charge in [0.15, 0.2) is 0 Å². The first kappa shape index (κ1) is 28.4. The summed E-state index contributed by atoms with van der Waals surface area (Å²) in [5.74, 6) is 0.409. The molecule has 222 valence electrons. The number of rotatable bonds is 8. The fourth-order valence-corrected chi connectivity index (χ4v) is 5.91. The van der Waals surface area contributed by atoms with Crippen LogP contribution in [0.2, 0.25) is 0 Å². The third-order valence-corrected chi connectivity index (χ3v) is 8.27. The lowest BCUT2D eigenvalue weighted by molar-refractivity contribution is -0.137. The van der Waals surface area contributed by atoms with E-state index in [9.17, 15) is 18.0 Å². The van der Waals surface area contributed by atoms with Gasteiger partial charge in [0.1, 0.15) is 11.6 Å². The SMILES string of the molecule is Nc1nc(OCC2CCOCC2)nc2c1CC(=O)N2Cc1ccc(-c2ccc(CN3CCCC3)cc2)c(C(F)(F)F)c1. The van der Waals surface area contributed by atoms with Crippen molar-refractivity contribution in [1.82, 2.24) is 14.9 Å². The molecule has 0 aliphatic carbocycles. The third kappa shape index (κ3) is 6.22. The van der Waals surface area contributed by atoms with Gasteiger partial charge in [-0.05, 0) is 73.0 Å². The summed E-state index contributed by atoms with van der Waals surface area (Å²) in [4.78, 5) is 25.3. The van der Waals surface area contributed by atoms with Crippen LogP contribution in [0.1, 0.15) is 47.9 Å². The number of hydrogen-bond acceptors (Lipinski definition) is 7. The summed E-state index contributed by atoms with van der Waals surface area (Å²) in [7, 11) is 0. The average molecular weight is 582 g/mol. The van der Waals surface area contributed by atoms with E-state index >= 15 is 0 Å². The van der Waals surface area contributed by atoms with Crippen molar-refractivity contribution >= 4 is 17.5 Å². The highest BCUT2D eigenvalue weighted by Gasteiger charge is 2.36. The molecule has 42 heavy (non-hydrogen) atoms. The number of halogens is 3. The van der Waals surface area contributed by atoms with Crippen LogP contribution < -0.4 is 15.4 Å². The second-order valence-electron chi connectivity index (χ2n) is 11.3. The lowest BCUT2D eigenvalue weighted by Gasteiger charge is -2.22. The standard InChI is InChI=1S/C31H34F3N5O3/c32-31(33,34)26-15-22(5-8-24(26)23-6-3-20(4-7-23)17-38-11-1-2-12-38)18-39-27(40)16-25-28(35)36-30(37-29(25)39)42-19-21-9-13-41-14-10-21/h3-8,15,21H,1-2,9-14,16-19H2,(H2,35,36,37). The average Bonchev–Trinajstić information content (AvgIpc) is 3.60. The lowest BCUT2D eigenvalue weighted by Crippen LogP contribution is -2.27. The number of anilines is 2. The predicted molar refractivity (Wildman–Crippen MR) is 152 cm³/mol. The fraction of sp³-hybridized carbons (Fsp3) is 0.452. The first-order valence-corrected chi connectivity index (χ1v) is 14.4. The van der Waals surface area contributed by atoms with Crippen molar-refractivity contribution in [2.24, 2.45) is 5.92 Å². The van der Waals surface area contributed by atoms with Crippen molar-refractivity contribution in [3.05, 3.63) is 64.7 Å². The summed E-state index contributed by atoms with van der Waals surface area (Å²) in [6.07, 6.45) is -0.504. The summed E-state index contributed by atoms with van der Waals surface area (Å²) in [6.45, 7) is 4.56. The molecule has 1 aromatic heterocycles. The molecule has 3 aromatic rings. The van der Waals surface area contributed by atoms with Gasteiger partial charge in [0.2, 0.25) is 5.91 Å². The van der Waals surface area contributed by atoms with E-state index in [1.807, 2.05) is 12.1 Å². The molecular weight excluding hydrogens is 547 g/mol. The van der Waals surface area contributed by atoms with Gasteiger partial charge in [0.05, 0.1) is 25.1 Å². The molecular formula is C31H34F3N5O3. The molecule has 2 aromatic carbocycles. The van der Waals surface area contributed by atoms with Crippen LogP contribution in [0, 0.1) is 5.92 Å². The van der Waals surface area contributed by atoms with Gasteiger partial charge >= 0.3 is 12.2 Å². The van der Waals surface area contributed by atoms with Crippen LogP contribution in [0.3, 0.4) is 0 Å². The topological polar surface area (TPSA) is 93.8 Å². The summed E-state index contributed by atoms with van der Waals surface area (Å²) in [6, 6.07) is 11.6. The zero-order valence-electron chi connectivity index (χ0n) is 23.3. The normalized spacial score (nSPS) is 18.1. The van der Waals surface area contributed by atoms with E-state index in [1.54, 1.807) is 18.2 Å². The molecule has 6 rings (SSSR count). The molecule has 2 saturated heterocycles. The van der Waals surface area contributed by atoms with Crippen LogP contribution in [-0.2, 0) is 35.2 Å². The minimum absolute atomic E-state index is 0.0185. The first-order chi connectivity index (χ1) is 20.2. The second kappa shape index (κ2) is 11.9. The molecule has 2 fully saturated rings. The first-order valence-electron chi connectivity index (χ1n) is 14.4. The number of fused-ring (bicyclic) bond motifs is 1. The Morgan fingerprint density at radius 2 is 1.69 bits per heavy atom. The van der Waals surface area contributed by atoms with Gasteiger partial charge in [-0.2, -0.15) is 23.1 Å². The molecule has 0 radical (unpaired) electrons. The molecule has 2 N–H and O–H groups in total. The largest absolute Gasteiger partial charge is 0.463 e. The third-order valence-electron chi connectivity index (χ3n) is 8.27. The summed E-state index contributed by atoms with van der Waals surface area (Å²) >= 11 is 0. The number of likely N-dealkylation sites (tertiary alicyclic amines) is 1. The molecule has 0 unspecified atom stereocenters. The van der Waals surface area contributed by atoms with Gasteiger partial charge in [-0.1, -0.05) is 36.4 Å². The molecule has 3 aliphatic rings. The van der Waals surface area contributed by atoms with Crippen LogP contribution in [0.4, 0.5) is 24.8 Å². The zero-order valence-corrected chi connectivity index (χ0v) is 23.3. The highest BCUT2D eigenvalue weighted by molar-refractivity contribution is 6.01. The van der Waals surface area contributed by atoms with Gasteiger partial charge in [-0.3, -0.25) is 14.6 Å². The molecule has 8 nitrogen and oxygen atoms in total. The Kier molecular flexibility index (Phi) is 8.04. The minimum atomic E-state index is -4.58. The summed E-state index contributed by atoms with van der Waals surface area (Å²) < 4.78 is 54.1. The maximum Gasteiger partial charge on any atom is 0.417 e. The Balaban J connectivity index is 1.22. The summed E-state index contributed by atoms with van der Waals surface area (Å²) in [5, 5.41) is 0. The molecule has 4 heterocycles. The Morgan fingerprint density at radius 3 is 2.40 bits per heavy atom. The molecule has 11 heteroatoms. The maximum atomic E-state index is 14.3. The minimum Gasteiger partial charge on any atom is -0.463 e. The predicted octanol–water partition coefficient (Wildman–Crippen LogP) is 5.24. The lowest BCUT2D eigenvalue weighted by atomic mass is 9.96. The number of nitrogen functional groups attached to an aromatic ring is 1. The highest BCUT2D eigenvalue weighted by Crippen LogP contribution is 2.39. The fourth-order valence-electron chi connectivity index (χ4n) is 5.91. The van der Waals surface area contributed by atoms with Crippen LogP contribution in [0.15, 0.2) is 42.5 Å². The monoisotopic (exact) mass is 581 g/mol. The van der Waals surface area contributed by atoms with Crippen molar-refractivity contribution in [3.63, 3.8) is 0 Å². The summed E-state index contributed by atoms with van der Waals surface area (Å²) in [5.41, 5.74) is 7.85. The van der Waals surface area contributed by atoms with Crippen LogP contribution in [0.25, 0.3) is 11.1 Å². The van der Waals surface area contributed by atoms with Crippen molar-refractivity contribution in [3.8, 4) is 17.1 Å². The molecule has 0 saturated carbocycles. The van der Waals surface area contributed by atoms with E-state index < -0.39 is 11.7 Å². The Labute approximate surface area is 242 Å². The molecule has 3 aliphatic heterocycles. The molecule has 0 bridgehead atoms. The van der Waals surface area contributed by atoms with Gasteiger partial charge in [0, 0.05) is 25.3 Å². The van der Waals surface area contributed by atoms with Crippen LogP contribution >= 0.6 is 0 Å². The Hall–Kier alpha value is -3.70. The molecule has 0 atom stereocenters. The number of hydrogen-bond donors (Lipinski definition) is 1. The van der Waals surface area contributed by atoms with Crippen LogP contribution in [0.5, 0.6) is 6.01 Å². The van der Waals surface area contributed by atoms with E-state index in [2.05, 4.69) is 14.9 Å². The number of benzene rings is 2. The van der Waals surface area contributed by atoms with E-state index in [4.69, 9.17) is 15.2 Å². The quantitative estimate of drug-likeness (QED) is 0.389. The van der Waals surface area contributed by atoms with E-state index in [-0.39, 0.29) is 42.1 Å². The Morgan fingerprint density at radius 1 is 0.976 bits per heavy atom. The second-order valence-corrected chi connectivity index (χ2v) is 11.3. The van der Waals surface area contributed by atoms with Crippen LogP contribution in [-0.4, -0.2) is 53.7 Å². The molecule has 0 spiro atoms.